The maximum Gasteiger partial charge on any atom is 0.183 e. The topological polar surface area (TPSA) is 67.2 Å². The summed E-state index contributed by atoms with van der Waals surface area (Å²) in [5.41, 5.74) is -0.369. The third-order valence-corrected chi connectivity index (χ3v) is 7.35. The Kier molecular flexibility index (Phi) is 4.82. The van der Waals surface area contributed by atoms with Gasteiger partial charge in [0.1, 0.15) is 5.41 Å². The number of benzene rings is 2. The smallest absolute Gasteiger partial charge is 0.183 e. The minimum absolute atomic E-state index is 0.0360. The highest BCUT2D eigenvalue weighted by Gasteiger charge is 2.72. The highest BCUT2D eigenvalue weighted by molar-refractivity contribution is 7.92. The first-order valence-corrected chi connectivity index (χ1v) is 9.82. The van der Waals surface area contributed by atoms with Crippen LogP contribution in [0.4, 0.5) is 0 Å². The molecule has 0 heterocycles. The van der Waals surface area contributed by atoms with Gasteiger partial charge in [0, 0.05) is 23.1 Å². The second kappa shape index (κ2) is 6.62. The van der Waals surface area contributed by atoms with E-state index in [9.17, 15) is 13.7 Å². The summed E-state index contributed by atoms with van der Waals surface area (Å²) >= 11 is 11.8. The lowest BCUT2D eigenvalue weighted by molar-refractivity contribution is 0.162. The van der Waals surface area contributed by atoms with Crippen molar-refractivity contribution in [3.05, 3.63) is 64.1 Å². The Hall–Kier alpha value is -1.58. The van der Waals surface area contributed by atoms with Crippen LogP contribution in [0.5, 0.6) is 0 Å². The number of halogens is 2. The lowest BCUT2D eigenvalue weighted by Crippen LogP contribution is -2.19. The fourth-order valence-electron chi connectivity index (χ4n) is 3.35. The van der Waals surface area contributed by atoms with Crippen LogP contribution in [0, 0.1) is 16.7 Å². The number of sulfone groups is 1. The van der Waals surface area contributed by atoms with Crippen molar-refractivity contribution in [3.63, 3.8) is 0 Å². The molecule has 4 nitrogen and oxygen atoms in total. The normalized spacial score (nSPS) is 25.4. The SMILES string of the molecule is COCC1(C#N)C(c2ccc(Cl)cc2)C1S(=O)(=O)c1ccc(Cl)cc1. The van der Waals surface area contributed by atoms with Crippen LogP contribution in [0.1, 0.15) is 11.5 Å². The Labute approximate surface area is 156 Å². The number of nitrogens with zero attached hydrogens (tertiary/aromatic N) is 1. The van der Waals surface area contributed by atoms with Gasteiger partial charge >= 0.3 is 0 Å². The van der Waals surface area contributed by atoms with Crippen molar-refractivity contribution in [1.29, 1.82) is 5.26 Å². The molecule has 3 rings (SSSR count). The van der Waals surface area contributed by atoms with Crippen molar-refractivity contribution < 1.29 is 13.2 Å². The summed E-state index contributed by atoms with van der Waals surface area (Å²) in [6.07, 6.45) is 0. The molecule has 0 radical (unpaired) electrons. The second-order valence-corrected chi connectivity index (χ2v) is 8.98. The standard InChI is InChI=1S/C18H15Cl2NO3S/c1-24-11-18(10-21)16(12-2-4-13(19)5-3-12)17(18)25(22,23)15-8-6-14(20)7-9-15/h2-9,16-17H,11H2,1H3. The molecule has 1 fully saturated rings. The first-order chi connectivity index (χ1) is 11.9. The molecule has 0 aromatic heterocycles. The van der Waals surface area contributed by atoms with Crippen LogP contribution in [0.3, 0.4) is 0 Å². The minimum Gasteiger partial charge on any atom is -0.383 e. The highest BCUT2D eigenvalue weighted by Crippen LogP contribution is 2.63. The number of hydrogen-bond donors (Lipinski definition) is 0. The van der Waals surface area contributed by atoms with Crippen molar-refractivity contribution in [2.24, 2.45) is 5.41 Å². The molecule has 3 atom stereocenters. The summed E-state index contributed by atoms with van der Waals surface area (Å²) in [6, 6.07) is 15.1. The van der Waals surface area contributed by atoms with Gasteiger partial charge in [-0.25, -0.2) is 8.42 Å². The lowest BCUT2D eigenvalue weighted by atomic mass is 10.0. The molecule has 1 aliphatic rings. The molecule has 1 saturated carbocycles. The van der Waals surface area contributed by atoms with E-state index < -0.39 is 26.4 Å². The predicted octanol–water partition coefficient (Wildman–Crippen LogP) is 4.09. The van der Waals surface area contributed by atoms with Crippen LogP contribution in [-0.4, -0.2) is 27.4 Å². The molecule has 2 aromatic carbocycles. The average Bonchev–Trinajstić information content (AvgIpc) is 3.26. The minimum atomic E-state index is -3.73. The molecule has 3 unspecified atom stereocenters. The zero-order chi connectivity index (χ0) is 18.2. The van der Waals surface area contributed by atoms with Gasteiger partial charge in [-0.3, -0.25) is 0 Å². The van der Waals surface area contributed by atoms with Gasteiger partial charge in [0.15, 0.2) is 9.84 Å². The molecule has 25 heavy (non-hydrogen) atoms. The second-order valence-electron chi connectivity index (χ2n) is 6.03. The highest BCUT2D eigenvalue weighted by atomic mass is 35.5. The van der Waals surface area contributed by atoms with Crippen LogP contribution in [-0.2, 0) is 14.6 Å². The van der Waals surface area contributed by atoms with Gasteiger partial charge in [-0.1, -0.05) is 35.3 Å². The molecule has 0 saturated heterocycles. The molecule has 0 aliphatic heterocycles. The molecule has 0 bridgehead atoms. The number of rotatable bonds is 5. The van der Waals surface area contributed by atoms with Crippen molar-refractivity contribution in [1.82, 2.24) is 0 Å². The van der Waals surface area contributed by atoms with Crippen molar-refractivity contribution >= 4 is 33.0 Å². The fourth-order valence-corrected chi connectivity index (χ4v) is 5.91. The number of hydrogen-bond acceptors (Lipinski definition) is 4. The number of nitriles is 1. The molecular weight excluding hydrogens is 381 g/mol. The predicted molar refractivity (Wildman–Crippen MR) is 96.5 cm³/mol. The largest absolute Gasteiger partial charge is 0.383 e. The van der Waals surface area contributed by atoms with E-state index in [0.29, 0.717) is 10.0 Å². The van der Waals surface area contributed by atoms with Crippen LogP contribution in [0.25, 0.3) is 0 Å². The van der Waals surface area contributed by atoms with Crippen LogP contribution in [0.15, 0.2) is 53.4 Å². The number of methoxy groups -OCH3 is 1. The molecule has 0 amide bonds. The first-order valence-electron chi connectivity index (χ1n) is 7.52. The van der Waals surface area contributed by atoms with Crippen LogP contribution < -0.4 is 0 Å². The van der Waals surface area contributed by atoms with Gasteiger partial charge in [-0.15, -0.1) is 0 Å². The Balaban J connectivity index is 2.07. The zero-order valence-electron chi connectivity index (χ0n) is 13.3. The summed E-state index contributed by atoms with van der Waals surface area (Å²) in [4.78, 5) is 0.147. The number of ether oxygens (including phenoxy) is 1. The zero-order valence-corrected chi connectivity index (χ0v) is 15.6. The van der Waals surface area contributed by atoms with E-state index in [0.717, 1.165) is 5.56 Å². The summed E-state index contributed by atoms with van der Waals surface area (Å²) in [6.45, 7) is 0.0360. The molecule has 130 valence electrons. The van der Waals surface area contributed by atoms with E-state index in [1.165, 1.54) is 31.4 Å². The summed E-state index contributed by atoms with van der Waals surface area (Å²) in [7, 11) is -2.27. The monoisotopic (exact) mass is 395 g/mol. The van der Waals surface area contributed by atoms with Crippen LogP contribution in [0.2, 0.25) is 10.0 Å². The van der Waals surface area contributed by atoms with E-state index in [1.807, 2.05) is 0 Å². The Bertz CT molecular complexity index is 920. The van der Waals surface area contributed by atoms with Crippen molar-refractivity contribution in [2.45, 2.75) is 16.1 Å². The summed E-state index contributed by atoms with van der Waals surface area (Å²) < 4.78 is 31.4. The quantitative estimate of drug-likeness (QED) is 0.764. The third-order valence-electron chi connectivity index (χ3n) is 4.55. The molecule has 7 heteroatoms. The van der Waals surface area contributed by atoms with E-state index >= 15 is 0 Å². The maximum atomic E-state index is 13.1. The Morgan fingerprint density at radius 1 is 1.08 bits per heavy atom. The average molecular weight is 396 g/mol. The molecule has 2 aromatic rings. The van der Waals surface area contributed by atoms with Gasteiger partial charge in [-0.2, -0.15) is 5.26 Å². The van der Waals surface area contributed by atoms with E-state index in [-0.39, 0.29) is 11.5 Å². The summed E-state index contributed by atoms with van der Waals surface area (Å²) in [5.74, 6) is -0.476. The van der Waals surface area contributed by atoms with Gasteiger partial charge in [0.25, 0.3) is 0 Å². The van der Waals surface area contributed by atoms with Crippen molar-refractivity contribution in [3.8, 4) is 6.07 Å². The maximum absolute atomic E-state index is 13.1. The van der Waals surface area contributed by atoms with Gasteiger partial charge in [0.05, 0.1) is 22.8 Å². The molecular formula is C18H15Cl2NO3S. The van der Waals surface area contributed by atoms with Crippen LogP contribution >= 0.6 is 23.2 Å². The van der Waals surface area contributed by atoms with Crippen molar-refractivity contribution in [2.75, 3.05) is 13.7 Å². The Morgan fingerprint density at radius 2 is 1.60 bits per heavy atom. The first kappa shape index (κ1) is 18.2. The van der Waals surface area contributed by atoms with E-state index in [4.69, 9.17) is 27.9 Å². The molecule has 0 N–H and O–H groups in total. The third kappa shape index (κ3) is 3.04. The lowest BCUT2D eigenvalue weighted by Gasteiger charge is -2.08. The van der Waals surface area contributed by atoms with Gasteiger partial charge in [-0.05, 0) is 42.0 Å². The molecule has 0 spiro atoms. The van der Waals surface area contributed by atoms with E-state index in [1.54, 1.807) is 24.3 Å². The van der Waals surface area contributed by atoms with E-state index in [2.05, 4.69) is 6.07 Å². The Morgan fingerprint density at radius 3 is 2.08 bits per heavy atom. The fraction of sp³-hybridized carbons (Fsp3) is 0.278. The summed E-state index contributed by atoms with van der Waals surface area (Å²) in [5, 5.41) is 9.88. The van der Waals surface area contributed by atoms with Gasteiger partial charge in [0.2, 0.25) is 0 Å². The van der Waals surface area contributed by atoms with Gasteiger partial charge < -0.3 is 4.74 Å². The molecule has 1 aliphatic carbocycles.